The van der Waals surface area contributed by atoms with Gasteiger partial charge in [0.15, 0.2) is 0 Å². The molecule has 0 saturated heterocycles. The quantitative estimate of drug-likeness (QED) is 0.726. The van der Waals surface area contributed by atoms with Crippen LogP contribution in [0.25, 0.3) is 0 Å². The Labute approximate surface area is 142 Å². The molecule has 0 unspecified atom stereocenters. The third kappa shape index (κ3) is 5.73. The van der Waals surface area contributed by atoms with E-state index in [0.717, 1.165) is 25.1 Å². The SMILES string of the molecule is CCCn1ccc(CNCc2cn[nH]c2NC(=O)OC(C)(C)C)c1. The van der Waals surface area contributed by atoms with Crippen LogP contribution in [0.15, 0.2) is 24.7 Å². The number of ether oxygens (including phenoxy) is 1. The molecule has 1 amide bonds. The van der Waals surface area contributed by atoms with E-state index in [-0.39, 0.29) is 0 Å². The van der Waals surface area contributed by atoms with Gasteiger partial charge in [-0.2, -0.15) is 5.10 Å². The number of carbonyl (C=O) groups is 1. The van der Waals surface area contributed by atoms with Gasteiger partial charge in [-0.3, -0.25) is 10.4 Å². The standard InChI is InChI=1S/C17H27N5O2/c1-5-7-22-8-6-13(12-22)9-18-10-14-11-19-21-15(14)20-16(23)24-17(2,3)4/h6,8,11-12,18H,5,7,9-10H2,1-4H3,(H2,19,20,21,23). The van der Waals surface area contributed by atoms with E-state index < -0.39 is 11.7 Å². The number of aryl methyl sites for hydroxylation is 1. The first-order chi connectivity index (χ1) is 11.4. The van der Waals surface area contributed by atoms with Crippen LogP contribution in [-0.2, 0) is 24.4 Å². The van der Waals surface area contributed by atoms with E-state index in [1.165, 1.54) is 5.56 Å². The van der Waals surface area contributed by atoms with E-state index >= 15 is 0 Å². The summed E-state index contributed by atoms with van der Waals surface area (Å²) in [5.41, 5.74) is 1.58. The maximum Gasteiger partial charge on any atom is 0.413 e. The molecule has 2 heterocycles. The number of rotatable bonds is 7. The average molecular weight is 333 g/mol. The molecular weight excluding hydrogens is 306 g/mol. The van der Waals surface area contributed by atoms with E-state index in [9.17, 15) is 4.79 Å². The fourth-order valence-corrected chi connectivity index (χ4v) is 2.29. The van der Waals surface area contributed by atoms with Crippen LogP contribution in [-0.4, -0.2) is 26.5 Å². The van der Waals surface area contributed by atoms with Crippen molar-refractivity contribution in [2.75, 3.05) is 5.32 Å². The molecule has 0 aromatic carbocycles. The second-order valence-corrected chi connectivity index (χ2v) is 6.76. The molecule has 2 aromatic heterocycles. The summed E-state index contributed by atoms with van der Waals surface area (Å²) < 4.78 is 7.43. The lowest BCUT2D eigenvalue weighted by molar-refractivity contribution is 0.0635. The van der Waals surface area contributed by atoms with Gasteiger partial charge in [0.25, 0.3) is 0 Å². The van der Waals surface area contributed by atoms with Gasteiger partial charge in [-0.25, -0.2) is 4.79 Å². The molecule has 0 atom stereocenters. The van der Waals surface area contributed by atoms with Crippen molar-refractivity contribution >= 4 is 11.9 Å². The lowest BCUT2D eigenvalue weighted by Crippen LogP contribution is -2.27. The molecule has 0 radical (unpaired) electrons. The first-order valence-corrected chi connectivity index (χ1v) is 8.25. The molecule has 0 saturated carbocycles. The van der Waals surface area contributed by atoms with Crippen LogP contribution in [0.3, 0.4) is 0 Å². The molecule has 0 aliphatic heterocycles. The Morgan fingerprint density at radius 3 is 2.88 bits per heavy atom. The van der Waals surface area contributed by atoms with Crippen molar-refractivity contribution in [1.82, 2.24) is 20.1 Å². The number of aromatic nitrogens is 3. The maximum atomic E-state index is 11.8. The molecule has 3 N–H and O–H groups in total. The molecule has 0 bridgehead atoms. The topological polar surface area (TPSA) is 84.0 Å². The number of nitrogens with one attached hydrogen (secondary N) is 3. The minimum absolute atomic E-state index is 0.496. The number of hydrogen-bond acceptors (Lipinski definition) is 4. The van der Waals surface area contributed by atoms with Crippen molar-refractivity contribution in [2.24, 2.45) is 0 Å². The highest BCUT2D eigenvalue weighted by Gasteiger charge is 2.17. The van der Waals surface area contributed by atoms with Crippen LogP contribution in [0.5, 0.6) is 0 Å². The van der Waals surface area contributed by atoms with E-state index in [1.807, 2.05) is 20.8 Å². The predicted molar refractivity (Wildman–Crippen MR) is 93.7 cm³/mol. The van der Waals surface area contributed by atoms with E-state index in [0.29, 0.717) is 12.4 Å². The van der Waals surface area contributed by atoms with Crippen molar-refractivity contribution < 1.29 is 9.53 Å². The summed E-state index contributed by atoms with van der Waals surface area (Å²) in [5.74, 6) is 0.556. The first kappa shape index (κ1) is 18.1. The third-order valence-electron chi connectivity index (χ3n) is 3.28. The Hall–Kier alpha value is -2.28. The fourth-order valence-electron chi connectivity index (χ4n) is 2.29. The van der Waals surface area contributed by atoms with Gasteiger partial charge >= 0.3 is 6.09 Å². The van der Waals surface area contributed by atoms with E-state index in [4.69, 9.17) is 4.74 Å². The minimum Gasteiger partial charge on any atom is -0.444 e. The Bertz CT molecular complexity index is 654. The van der Waals surface area contributed by atoms with E-state index in [2.05, 4.69) is 50.8 Å². The highest BCUT2D eigenvalue weighted by molar-refractivity contribution is 5.84. The Morgan fingerprint density at radius 1 is 1.38 bits per heavy atom. The zero-order valence-corrected chi connectivity index (χ0v) is 14.8. The third-order valence-corrected chi connectivity index (χ3v) is 3.28. The Kier molecular flexibility index (Phi) is 6.03. The summed E-state index contributed by atoms with van der Waals surface area (Å²) in [6.07, 6.45) is 6.56. The summed E-state index contributed by atoms with van der Waals surface area (Å²) >= 11 is 0. The van der Waals surface area contributed by atoms with Gasteiger partial charge in [0.05, 0.1) is 6.20 Å². The molecule has 7 heteroatoms. The van der Waals surface area contributed by atoms with Crippen molar-refractivity contribution in [1.29, 1.82) is 0 Å². The lowest BCUT2D eigenvalue weighted by atomic mass is 10.2. The number of aromatic amines is 1. The predicted octanol–water partition coefficient (Wildman–Crippen LogP) is 3.26. The number of amides is 1. The Morgan fingerprint density at radius 2 is 2.17 bits per heavy atom. The minimum atomic E-state index is -0.534. The molecule has 2 aromatic rings. The summed E-state index contributed by atoms with van der Waals surface area (Å²) in [5, 5.41) is 12.8. The molecular formula is C17H27N5O2. The Balaban J connectivity index is 1.83. The zero-order chi connectivity index (χ0) is 17.6. The first-order valence-electron chi connectivity index (χ1n) is 8.25. The molecule has 132 valence electrons. The molecule has 0 spiro atoms. The smallest absolute Gasteiger partial charge is 0.413 e. The average Bonchev–Trinajstić information content (AvgIpc) is 3.08. The highest BCUT2D eigenvalue weighted by atomic mass is 16.6. The summed E-state index contributed by atoms with van der Waals surface area (Å²) in [7, 11) is 0. The number of nitrogens with zero attached hydrogens (tertiary/aromatic N) is 2. The summed E-state index contributed by atoms with van der Waals surface area (Å²) in [6.45, 7) is 10.0. The van der Waals surface area contributed by atoms with Crippen LogP contribution in [0.1, 0.15) is 45.2 Å². The second kappa shape index (κ2) is 8.01. The second-order valence-electron chi connectivity index (χ2n) is 6.76. The van der Waals surface area contributed by atoms with Gasteiger partial charge in [-0.1, -0.05) is 6.92 Å². The van der Waals surface area contributed by atoms with Gasteiger partial charge in [0, 0.05) is 37.6 Å². The van der Waals surface area contributed by atoms with Crippen LogP contribution >= 0.6 is 0 Å². The summed E-state index contributed by atoms with van der Waals surface area (Å²) in [6, 6.07) is 2.11. The van der Waals surface area contributed by atoms with Gasteiger partial charge in [-0.05, 0) is 38.8 Å². The number of anilines is 1. The van der Waals surface area contributed by atoms with Gasteiger partial charge < -0.3 is 14.6 Å². The normalized spacial score (nSPS) is 11.5. The van der Waals surface area contributed by atoms with Gasteiger partial charge in [0.1, 0.15) is 11.4 Å². The largest absolute Gasteiger partial charge is 0.444 e. The number of carbonyl (C=O) groups excluding carboxylic acids is 1. The van der Waals surface area contributed by atoms with Crippen LogP contribution < -0.4 is 10.6 Å². The summed E-state index contributed by atoms with van der Waals surface area (Å²) in [4.78, 5) is 11.8. The number of H-pyrrole nitrogens is 1. The molecule has 24 heavy (non-hydrogen) atoms. The molecule has 2 rings (SSSR count). The van der Waals surface area contributed by atoms with Crippen molar-refractivity contribution in [3.63, 3.8) is 0 Å². The van der Waals surface area contributed by atoms with Crippen molar-refractivity contribution in [3.8, 4) is 0 Å². The molecule has 0 fully saturated rings. The molecule has 7 nitrogen and oxygen atoms in total. The van der Waals surface area contributed by atoms with Gasteiger partial charge in [0.2, 0.25) is 0 Å². The maximum absolute atomic E-state index is 11.8. The lowest BCUT2D eigenvalue weighted by Gasteiger charge is -2.19. The van der Waals surface area contributed by atoms with Crippen LogP contribution in [0, 0.1) is 0 Å². The van der Waals surface area contributed by atoms with Crippen molar-refractivity contribution in [3.05, 3.63) is 35.8 Å². The molecule has 0 aliphatic carbocycles. The highest BCUT2D eigenvalue weighted by Crippen LogP contribution is 2.14. The zero-order valence-electron chi connectivity index (χ0n) is 14.8. The van der Waals surface area contributed by atoms with E-state index in [1.54, 1.807) is 6.20 Å². The monoisotopic (exact) mass is 333 g/mol. The van der Waals surface area contributed by atoms with Crippen LogP contribution in [0.4, 0.5) is 10.6 Å². The number of hydrogen-bond donors (Lipinski definition) is 3. The molecule has 0 aliphatic rings. The van der Waals surface area contributed by atoms with Crippen molar-refractivity contribution in [2.45, 2.75) is 59.4 Å². The fraction of sp³-hybridized carbons (Fsp3) is 0.529. The van der Waals surface area contributed by atoms with Crippen LogP contribution in [0.2, 0.25) is 0 Å². The van der Waals surface area contributed by atoms with Gasteiger partial charge in [-0.15, -0.1) is 0 Å².